The predicted octanol–water partition coefficient (Wildman–Crippen LogP) is 4.87. The smallest absolute Gasteiger partial charge is 0.270 e. The first kappa shape index (κ1) is 14.9. The van der Waals surface area contributed by atoms with Gasteiger partial charge in [0.2, 0.25) is 0 Å². The van der Waals surface area contributed by atoms with Crippen molar-refractivity contribution in [1.29, 1.82) is 0 Å². The maximum absolute atomic E-state index is 14.3. The molecule has 24 heavy (non-hydrogen) atoms. The molecule has 4 nitrogen and oxygen atoms in total. The van der Waals surface area contributed by atoms with Crippen LogP contribution in [0.4, 0.5) is 15.8 Å². The van der Waals surface area contributed by atoms with E-state index in [2.05, 4.69) is 17.5 Å². The summed E-state index contributed by atoms with van der Waals surface area (Å²) >= 11 is 0. The summed E-state index contributed by atoms with van der Waals surface area (Å²) in [6.07, 6.45) is 5.02. The van der Waals surface area contributed by atoms with Crippen molar-refractivity contribution in [2.45, 2.75) is 25.3 Å². The minimum absolute atomic E-state index is 0.0736. The van der Waals surface area contributed by atoms with Crippen LogP contribution in [0, 0.1) is 28.8 Å². The fourth-order valence-electron chi connectivity index (χ4n) is 4.01. The molecule has 1 aliphatic heterocycles. The number of hydrogen-bond donors (Lipinski definition) is 1. The first-order chi connectivity index (χ1) is 11.6. The SMILES string of the molecule is Cc1cc([N+](=O)[O-])cc2c1N[C@H](c1ccccc1F)[C@@H]1CC=C[C@H]21. The number of anilines is 1. The van der Waals surface area contributed by atoms with Crippen LogP contribution in [0.5, 0.6) is 0 Å². The lowest BCUT2D eigenvalue weighted by Crippen LogP contribution is -2.30. The van der Waals surface area contributed by atoms with Gasteiger partial charge in [-0.25, -0.2) is 4.39 Å². The van der Waals surface area contributed by atoms with Crippen LogP contribution in [0.25, 0.3) is 0 Å². The van der Waals surface area contributed by atoms with E-state index in [0.29, 0.717) is 5.56 Å². The molecule has 2 aliphatic rings. The number of nitro benzene ring substituents is 1. The molecule has 1 heterocycles. The van der Waals surface area contributed by atoms with Gasteiger partial charge in [-0.3, -0.25) is 10.1 Å². The van der Waals surface area contributed by atoms with Crippen molar-refractivity contribution in [1.82, 2.24) is 0 Å². The Bertz CT molecular complexity index is 862. The third kappa shape index (κ3) is 2.19. The highest BCUT2D eigenvalue weighted by Gasteiger charge is 2.40. The topological polar surface area (TPSA) is 55.2 Å². The van der Waals surface area contributed by atoms with Gasteiger partial charge in [-0.15, -0.1) is 0 Å². The Morgan fingerprint density at radius 1 is 1.25 bits per heavy atom. The van der Waals surface area contributed by atoms with Gasteiger partial charge in [0.25, 0.3) is 5.69 Å². The molecule has 0 amide bonds. The number of halogens is 1. The van der Waals surface area contributed by atoms with Crippen molar-refractivity contribution in [3.63, 3.8) is 0 Å². The molecule has 0 radical (unpaired) electrons. The summed E-state index contributed by atoms with van der Waals surface area (Å²) < 4.78 is 14.3. The summed E-state index contributed by atoms with van der Waals surface area (Å²) in [4.78, 5) is 10.8. The van der Waals surface area contributed by atoms with E-state index in [1.807, 2.05) is 19.1 Å². The minimum atomic E-state index is -0.357. The second-order valence-corrected chi connectivity index (χ2v) is 6.48. The summed E-state index contributed by atoms with van der Waals surface area (Å²) in [6, 6.07) is 9.91. The standard InChI is InChI=1S/C19H17FN2O2/c1-11-9-12(22(23)24)10-16-13-6-4-7-14(13)19(21-18(11)16)15-5-2-3-8-17(15)20/h2-6,8-10,13-14,19,21H,7H2,1H3/t13-,14+,19-/m0/s1. The van der Waals surface area contributed by atoms with Crippen LogP contribution in [0.15, 0.2) is 48.6 Å². The second kappa shape index (κ2) is 5.44. The Balaban J connectivity index is 1.85. The van der Waals surface area contributed by atoms with Crippen molar-refractivity contribution >= 4 is 11.4 Å². The zero-order valence-corrected chi connectivity index (χ0v) is 13.2. The number of hydrogen-bond acceptors (Lipinski definition) is 3. The summed E-state index contributed by atoms with van der Waals surface area (Å²) in [5.41, 5.74) is 3.41. The van der Waals surface area contributed by atoms with E-state index in [9.17, 15) is 14.5 Å². The summed E-state index contributed by atoms with van der Waals surface area (Å²) in [5.74, 6) is 0.0175. The van der Waals surface area contributed by atoms with E-state index in [-0.39, 0.29) is 34.3 Å². The van der Waals surface area contributed by atoms with Crippen LogP contribution >= 0.6 is 0 Å². The molecule has 0 aromatic heterocycles. The number of allylic oxidation sites excluding steroid dienone is 2. The Kier molecular flexibility index (Phi) is 3.37. The predicted molar refractivity (Wildman–Crippen MR) is 90.6 cm³/mol. The number of fused-ring (bicyclic) bond motifs is 3. The molecule has 0 bridgehead atoms. The largest absolute Gasteiger partial charge is 0.377 e. The number of nitro groups is 1. The fraction of sp³-hybridized carbons (Fsp3) is 0.263. The van der Waals surface area contributed by atoms with Gasteiger partial charge in [0, 0.05) is 29.3 Å². The molecule has 1 aliphatic carbocycles. The molecule has 0 spiro atoms. The van der Waals surface area contributed by atoms with Crippen molar-refractivity contribution in [3.05, 3.63) is 81.2 Å². The lowest BCUT2D eigenvalue weighted by Gasteiger charge is -2.38. The van der Waals surface area contributed by atoms with Gasteiger partial charge >= 0.3 is 0 Å². The first-order valence-electron chi connectivity index (χ1n) is 8.03. The van der Waals surface area contributed by atoms with E-state index in [1.165, 1.54) is 6.07 Å². The van der Waals surface area contributed by atoms with Gasteiger partial charge in [-0.2, -0.15) is 0 Å². The maximum Gasteiger partial charge on any atom is 0.270 e. The minimum Gasteiger partial charge on any atom is -0.377 e. The number of aryl methyl sites for hydroxylation is 1. The van der Waals surface area contributed by atoms with E-state index in [1.54, 1.807) is 18.2 Å². The number of non-ortho nitro benzene ring substituents is 1. The van der Waals surface area contributed by atoms with Crippen LogP contribution < -0.4 is 5.32 Å². The highest BCUT2D eigenvalue weighted by atomic mass is 19.1. The zero-order valence-electron chi connectivity index (χ0n) is 13.2. The van der Waals surface area contributed by atoms with Gasteiger partial charge < -0.3 is 5.32 Å². The Morgan fingerprint density at radius 3 is 2.79 bits per heavy atom. The number of rotatable bonds is 2. The monoisotopic (exact) mass is 324 g/mol. The normalized spacial score (nSPS) is 24.2. The molecule has 0 saturated heterocycles. The number of nitrogens with zero attached hydrogens (tertiary/aromatic N) is 1. The van der Waals surface area contributed by atoms with Crippen LogP contribution in [0.2, 0.25) is 0 Å². The third-order valence-corrected chi connectivity index (χ3v) is 5.10. The van der Waals surface area contributed by atoms with Gasteiger partial charge in [0.15, 0.2) is 0 Å². The molecule has 5 heteroatoms. The quantitative estimate of drug-likeness (QED) is 0.487. The van der Waals surface area contributed by atoms with Crippen molar-refractivity contribution in [3.8, 4) is 0 Å². The molecule has 122 valence electrons. The van der Waals surface area contributed by atoms with Gasteiger partial charge in [-0.1, -0.05) is 30.4 Å². The molecule has 3 atom stereocenters. The molecule has 0 fully saturated rings. The second-order valence-electron chi connectivity index (χ2n) is 6.48. The van der Waals surface area contributed by atoms with Crippen molar-refractivity contribution in [2.24, 2.45) is 5.92 Å². The first-order valence-corrected chi connectivity index (χ1v) is 8.03. The number of benzene rings is 2. The molecule has 1 N–H and O–H groups in total. The Morgan fingerprint density at radius 2 is 2.04 bits per heavy atom. The van der Waals surface area contributed by atoms with Gasteiger partial charge in [-0.05, 0) is 36.5 Å². The van der Waals surface area contributed by atoms with E-state index in [0.717, 1.165) is 23.2 Å². The fourth-order valence-corrected chi connectivity index (χ4v) is 4.01. The molecule has 2 aromatic rings. The molecular weight excluding hydrogens is 307 g/mol. The van der Waals surface area contributed by atoms with Crippen molar-refractivity contribution in [2.75, 3.05) is 5.32 Å². The van der Waals surface area contributed by atoms with E-state index >= 15 is 0 Å². The lowest BCUT2D eigenvalue weighted by atomic mass is 9.76. The van der Waals surface area contributed by atoms with Crippen molar-refractivity contribution < 1.29 is 9.31 Å². The average molecular weight is 324 g/mol. The number of nitrogens with one attached hydrogen (secondary N) is 1. The molecule has 4 rings (SSSR count). The molecule has 0 saturated carbocycles. The van der Waals surface area contributed by atoms with E-state index in [4.69, 9.17) is 0 Å². The van der Waals surface area contributed by atoms with E-state index < -0.39 is 0 Å². The highest BCUT2D eigenvalue weighted by Crippen LogP contribution is 2.51. The summed E-state index contributed by atoms with van der Waals surface area (Å²) in [6.45, 7) is 1.86. The molecule has 0 unspecified atom stereocenters. The lowest BCUT2D eigenvalue weighted by molar-refractivity contribution is -0.385. The highest BCUT2D eigenvalue weighted by molar-refractivity contribution is 5.67. The Labute approximate surface area is 139 Å². The summed E-state index contributed by atoms with van der Waals surface area (Å²) in [7, 11) is 0. The van der Waals surface area contributed by atoms with Crippen LogP contribution in [-0.2, 0) is 0 Å². The average Bonchev–Trinajstić information content (AvgIpc) is 3.05. The van der Waals surface area contributed by atoms with Crippen LogP contribution in [0.3, 0.4) is 0 Å². The van der Waals surface area contributed by atoms with Gasteiger partial charge in [0.1, 0.15) is 5.82 Å². The molecule has 2 aromatic carbocycles. The Hall–Kier alpha value is -2.69. The van der Waals surface area contributed by atoms with Gasteiger partial charge in [0.05, 0.1) is 11.0 Å². The molecular formula is C19H17FN2O2. The zero-order chi connectivity index (χ0) is 16.8. The maximum atomic E-state index is 14.3. The summed E-state index contributed by atoms with van der Waals surface area (Å²) in [5, 5.41) is 14.6. The third-order valence-electron chi connectivity index (χ3n) is 5.10. The van der Waals surface area contributed by atoms with Crippen LogP contribution in [-0.4, -0.2) is 4.92 Å². The van der Waals surface area contributed by atoms with Crippen LogP contribution in [0.1, 0.15) is 35.1 Å².